The summed E-state index contributed by atoms with van der Waals surface area (Å²) in [5.74, 6) is 0.631. The molecule has 0 N–H and O–H groups in total. The van der Waals surface area contributed by atoms with Crippen molar-refractivity contribution in [3.05, 3.63) is 158 Å². The Hall–Kier alpha value is -7.31. The van der Waals surface area contributed by atoms with Crippen LogP contribution in [0.5, 0.6) is 0 Å². The summed E-state index contributed by atoms with van der Waals surface area (Å²) in [6, 6.07) is 54.3. The average Bonchev–Trinajstić information content (AvgIpc) is 3.92. The third kappa shape index (κ3) is 4.06. The van der Waals surface area contributed by atoms with Crippen LogP contribution in [0.2, 0.25) is 0 Å². The van der Waals surface area contributed by atoms with Crippen LogP contribution in [0.15, 0.2) is 167 Å². The zero-order chi connectivity index (χ0) is 34.6. The summed E-state index contributed by atoms with van der Waals surface area (Å²) >= 11 is 0. The summed E-state index contributed by atoms with van der Waals surface area (Å²) in [5, 5.41) is 6.15. The Kier molecular flexibility index (Phi) is 5.68. The van der Waals surface area contributed by atoms with E-state index in [1.165, 1.54) is 0 Å². The van der Waals surface area contributed by atoms with Gasteiger partial charge in [0, 0.05) is 38.1 Å². The summed E-state index contributed by atoms with van der Waals surface area (Å²) in [7, 11) is 0. The van der Waals surface area contributed by atoms with Gasteiger partial charge in [-0.25, -0.2) is 15.0 Å². The van der Waals surface area contributed by atoms with Gasteiger partial charge in [-0.15, -0.1) is 0 Å². The Morgan fingerprint density at radius 1 is 0.415 bits per heavy atom. The van der Waals surface area contributed by atoms with E-state index in [1.54, 1.807) is 0 Å². The van der Waals surface area contributed by atoms with Crippen LogP contribution in [0.4, 0.5) is 0 Å². The minimum atomic E-state index is 0.631. The van der Waals surface area contributed by atoms with Gasteiger partial charge in [-0.3, -0.25) is 4.40 Å². The first-order chi connectivity index (χ1) is 26.3. The topological polar surface area (TPSA) is 69.4 Å². The number of furan rings is 2. The highest BCUT2D eigenvalue weighted by Crippen LogP contribution is 2.42. The molecule has 12 aromatic rings. The summed E-state index contributed by atoms with van der Waals surface area (Å²) < 4.78 is 14.9. The largest absolute Gasteiger partial charge is 0.456 e. The van der Waals surface area contributed by atoms with Crippen molar-refractivity contribution in [1.82, 2.24) is 19.4 Å². The highest BCUT2D eigenvalue weighted by molar-refractivity contribution is 6.18. The number of fused-ring (bicyclic) bond motifs is 14. The Bertz CT molecular complexity index is 3460. The fraction of sp³-hybridized carbons (Fsp3) is 0. The van der Waals surface area contributed by atoms with Gasteiger partial charge in [0.1, 0.15) is 28.0 Å². The highest BCUT2D eigenvalue weighted by atomic mass is 16.3. The van der Waals surface area contributed by atoms with Gasteiger partial charge < -0.3 is 8.83 Å². The van der Waals surface area contributed by atoms with Gasteiger partial charge in [0.15, 0.2) is 5.82 Å². The van der Waals surface area contributed by atoms with E-state index >= 15 is 0 Å². The zero-order valence-corrected chi connectivity index (χ0v) is 28.1. The molecule has 5 aromatic heterocycles. The van der Waals surface area contributed by atoms with Crippen LogP contribution in [-0.4, -0.2) is 19.4 Å². The van der Waals surface area contributed by atoms with Gasteiger partial charge in [-0.1, -0.05) is 103 Å². The molecule has 0 fully saturated rings. The van der Waals surface area contributed by atoms with Crippen molar-refractivity contribution >= 4 is 82.4 Å². The molecule has 0 spiro atoms. The number of hydrogen-bond donors (Lipinski definition) is 0. The molecule has 0 aliphatic rings. The van der Waals surface area contributed by atoms with E-state index in [4.69, 9.17) is 23.8 Å². The second kappa shape index (κ2) is 10.6. The van der Waals surface area contributed by atoms with Gasteiger partial charge in [-0.2, -0.15) is 0 Å². The second-order valence-electron chi connectivity index (χ2n) is 13.6. The molecule has 0 atom stereocenters. The maximum absolute atomic E-state index is 6.50. The van der Waals surface area contributed by atoms with Crippen molar-refractivity contribution in [2.75, 3.05) is 0 Å². The predicted molar refractivity (Wildman–Crippen MR) is 214 cm³/mol. The fourth-order valence-corrected chi connectivity index (χ4v) is 8.20. The van der Waals surface area contributed by atoms with E-state index in [-0.39, 0.29) is 0 Å². The minimum absolute atomic E-state index is 0.631. The third-order valence-electron chi connectivity index (χ3n) is 10.6. The minimum Gasteiger partial charge on any atom is -0.456 e. The standard InChI is InChI=1S/C47H26N4O2/c1-2-11-27(12-3-1)44-43-45(31-14-4-7-17-36(31)51-37-18-8-6-16-35(37)48-47(43)51)50-46(49-44)32-15-10-20-41-42(32)34-26-29(22-24-40(34)53-41)28-21-23-39-33(25-28)30-13-5-9-19-38(30)52-39/h1-26H. The van der Waals surface area contributed by atoms with Crippen LogP contribution in [-0.2, 0) is 0 Å². The Morgan fingerprint density at radius 3 is 1.94 bits per heavy atom. The molecule has 0 radical (unpaired) electrons. The lowest BCUT2D eigenvalue weighted by Gasteiger charge is -2.14. The van der Waals surface area contributed by atoms with Gasteiger partial charge in [-0.05, 0) is 65.7 Å². The van der Waals surface area contributed by atoms with Crippen molar-refractivity contribution in [3.8, 4) is 33.8 Å². The van der Waals surface area contributed by atoms with E-state index in [9.17, 15) is 0 Å². The normalized spacial score (nSPS) is 12.2. The summed E-state index contributed by atoms with van der Waals surface area (Å²) in [6.07, 6.45) is 0. The van der Waals surface area contributed by atoms with E-state index < -0.39 is 0 Å². The number of aromatic nitrogens is 4. The maximum atomic E-state index is 6.50. The van der Waals surface area contributed by atoms with Crippen LogP contribution < -0.4 is 0 Å². The average molecular weight is 679 g/mol. The van der Waals surface area contributed by atoms with Crippen molar-refractivity contribution < 1.29 is 8.83 Å². The van der Waals surface area contributed by atoms with Crippen LogP contribution in [0.3, 0.4) is 0 Å². The quantitative estimate of drug-likeness (QED) is 0.174. The third-order valence-corrected chi connectivity index (χ3v) is 10.6. The number of hydrogen-bond acceptors (Lipinski definition) is 5. The van der Waals surface area contributed by atoms with Crippen molar-refractivity contribution in [2.24, 2.45) is 0 Å². The Morgan fingerprint density at radius 2 is 1.08 bits per heavy atom. The highest BCUT2D eigenvalue weighted by Gasteiger charge is 2.23. The fourth-order valence-electron chi connectivity index (χ4n) is 8.20. The monoisotopic (exact) mass is 678 g/mol. The first-order valence-electron chi connectivity index (χ1n) is 17.7. The summed E-state index contributed by atoms with van der Waals surface area (Å²) in [5.41, 5.74) is 13.0. The molecule has 0 amide bonds. The molecule has 0 aliphatic carbocycles. The van der Waals surface area contributed by atoms with Crippen LogP contribution >= 0.6 is 0 Å². The maximum Gasteiger partial charge on any atom is 0.161 e. The SMILES string of the molecule is c1ccc(-c2nc(-c3cccc4oc5ccc(-c6ccc7oc8ccccc8c7c6)cc5c34)nc3c4ccccc4n4c5ccccc5nc4c23)cc1. The molecule has 0 unspecified atom stereocenters. The summed E-state index contributed by atoms with van der Waals surface area (Å²) in [4.78, 5) is 16.1. The van der Waals surface area contributed by atoms with Crippen molar-refractivity contribution in [3.63, 3.8) is 0 Å². The number of benzene rings is 7. The summed E-state index contributed by atoms with van der Waals surface area (Å²) in [6.45, 7) is 0. The molecule has 246 valence electrons. The molecule has 0 bridgehead atoms. The molecule has 53 heavy (non-hydrogen) atoms. The van der Waals surface area contributed by atoms with Crippen LogP contribution in [0.1, 0.15) is 0 Å². The van der Waals surface area contributed by atoms with Crippen LogP contribution in [0, 0.1) is 0 Å². The smallest absolute Gasteiger partial charge is 0.161 e. The number of para-hydroxylation sites is 4. The Labute approximate surface area is 301 Å². The molecule has 12 rings (SSSR count). The van der Waals surface area contributed by atoms with E-state index in [1.807, 2.05) is 36.4 Å². The van der Waals surface area contributed by atoms with Crippen molar-refractivity contribution in [1.29, 1.82) is 0 Å². The zero-order valence-electron chi connectivity index (χ0n) is 28.1. The number of imidazole rings is 1. The first kappa shape index (κ1) is 28.4. The molecule has 0 aliphatic heterocycles. The molecule has 6 heteroatoms. The van der Waals surface area contributed by atoms with Crippen molar-refractivity contribution in [2.45, 2.75) is 0 Å². The van der Waals surface area contributed by atoms with Gasteiger partial charge in [0.05, 0.1) is 33.1 Å². The van der Waals surface area contributed by atoms with E-state index in [0.717, 1.165) is 110 Å². The molecule has 5 heterocycles. The van der Waals surface area contributed by atoms with Gasteiger partial charge in [0.25, 0.3) is 0 Å². The van der Waals surface area contributed by atoms with Crippen LogP contribution in [0.25, 0.3) is 116 Å². The number of rotatable bonds is 3. The van der Waals surface area contributed by atoms with E-state index in [0.29, 0.717) is 5.82 Å². The lowest BCUT2D eigenvalue weighted by atomic mass is 9.99. The second-order valence-corrected chi connectivity index (χ2v) is 13.6. The number of nitrogens with zero attached hydrogens (tertiary/aromatic N) is 4. The molecular formula is C47H26N4O2. The lowest BCUT2D eigenvalue weighted by molar-refractivity contribution is 0.668. The molecule has 7 aromatic carbocycles. The molecule has 0 saturated heterocycles. The predicted octanol–water partition coefficient (Wildman–Crippen LogP) is 12.4. The molecule has 6 nitrogen and oxygen atoms in total. The lowest BCUT2D eigenvalue weighted by Crippen LogP contribution is -2.00. The van der Waals surface area contributed by atoms with E-state index in [2.05, 4.69) is 126 Å². The first-order valence-corrected chi connectivity index (χ1v) is 17.7. The molecular weight excluding hydrogens is 653 g/mol. The number of pyridine rings is 1. The molecule has 0 saturated carbocycles. The van der Waals surface area contributed by atoms with Gasteiger partial charge >= 0.3 is 0 Å². The van der Waals surface area contributed by atoms with Gasteiger partial charge in [0.2, 0.25) is 0 Å². The Balaban J connectivity index is 1.15.